The Bertz CT molecular complexity index is 915. The maximum atomic E-state index is 12.4. The van der Waals surface area contributed by atoms with Crippen LogP contribution in [0.1, 0.15) is 10.4 Å². The van der Waals surface area contributed by atoms with Crippen molar-refractivity contribution in [2.75, 3.05) is 12.4 Å². The Hall–Kier alpha value is -3.49. The zero-order chi connectivity index (χ0) is 17.1. The lowest BCUT2D eigenvalue weighted by atomic mass is 10.2. The first-order valence-electron chi connectivity index (χ1n) is 6.98. The van der Waals surface area contributed by atoms with Crippen LogP contribution in [0.25, 0.3) is 5.69 Å². The molecule has 0 saturated heterocycles. The monoisotopic (exact) mass is 326 g/mol. The van der Waals surface area contributed by atoms with Crippen LogP contribution in [0.3, 0.4) is 0 Å². The summed E-state index contributed by atoms with van der Waals surface area (Å²) in [7, 11) is 2.98. The average molecular weight is 326 g/mol. The number of hydrogen-bond acceptors (Lipinski definition) is 6. The lowest BCUT2D eigenvalue weighted by molar-refractivity contribution is 0.102. The molecule has 0 bridgehead atoms. The number of nitrogens with one attached hydrogen (secondary N) is 1. The van der Waals surface area contributed by atoms with Crippen molar-refractivity contribution in [3.63, 3.8) is 0 Å². The van der Waals surface area contributed by atoms with Gasteiger partial charge in [-0.1, -0.05) is 0 Å². The number of benzene rings is 1. The number of rotatable bonds is 4. The molecular weight excluding hydrogens is 312 g/mol. The van der Waals surface area contributed by atoms with Crippen molar-refractivity contribution in [3.05, 3.63) is 58.8 Å². The summed E-state index contributed by atoms with van der Waals surface area (Å²) in [6.45, 7) is 0. The maximum Gasteiger partial charge on any atom is 0.260 e. The van der Waals surface area contributed by atoms with Crippen molar-refractivity contribution in [2.45, 2.75) is 0 Å². The van der Waals surface area contributed by atoms with E-state index >= 15 is 0 Å². The number of carbonyl (C=O) groups excluding carboxylic acids is 1. The van der Waals surface area contributed by atoms with Crippen molar-refractivity contribution in [1.82, 2.24) is 24.8 Å². The third-order valence-electron chi connectivity index (χ3n) is 3.39. The molecule has 0 atom stereocenters. The third kappa shape index (κ3) is 3.00. The molecule has 1 amide bonds. The van der Waals surface area contributed by atoms with Crippen LogP contribution in [0.5, 0.6) is 5.75 Å². The SMILES string of the molecule is COc1cc(=O)n(C)cc1C(=O)Nc1ccc(-n2cnnn2)cc1. The summed E-state index contributed by atoms with van der Waals surface area (Å²) in [5.74, 6) is -0.154. The molecule has 3 aromatic rings. The molecular formula is C15H14N6O3. The van der Waals surface area contributed by atoms with Crippen LogP contribution >= 0.6 is 0 Å². The van der Waals surface area contributed by atoms with Gasteiger partial charge in [0, 0.05) is 25.0 Å². The number of amides is 1. The smallest absolute Gasteiger partial charge is 0.260 e. The molecule has 0 spiro atoms. The zero-order valence-electron chi connectivity index (χ0n) is 13.0. The van der Waals surface area contributed by atoms with E-state index in [1.165, 1.54) is 34.9 Å². The molecule has 3 rings (SSSR count). The Morgan fingerprint density at radius 3 is 2.62 bits per heavy atom. The largest absolute Gasteiger partial charge is 0.496 e. The highest BCUT2D eigenvalue weighted by Gasteiger charge is 2.14. The second-order valence-corrected chi connectivity index (χ2v) is 4.96. The highest BCUT2D eigenvalue weighted by atomic mass is 16.5. The molecule has 9 nitrogen and oxygen atoms in total. The van der Waals surface area contributed by atoms with Crippen LogP contribution in [0.2, 0.25) is 0 Å². The standard InChI is InChI=1S/C15H14N6O3/c1-20-8-12(13(24-2)7-14(20)22)15(23)17-10-3-5-11(6-4-10)21-9-16-18-19-21/h3-9H,1-2H3,(H,17,23). The van der Waals surface area contributed by atoms with E-state index in [-0.39, 0.29) is 22.8 Å². The van der Waals surface area contributed by atoms with Crippen molar-refractivity contribution < 1.29 is 9.53 Å². The lowest BCUT2D eigenvalue weighted by Crippen LogP contribution is -2.21. The number of aryl methyl sites for hydroxylation is 1. The number of aromatic nitrogens is 5. The molecule has 0 aliphatic heterocycles. The molecule has 1 N–H and O–H groups in total. The van der Waals surface area contributed by atoms with Gasteiger partial charge in [-0.3, -0.25) is 9.59 Å². The number of carbonyl (C=O) groups is 1. The number of nitrogens with zero attached hydrogens (tertiary/aromatic N) is 5. The van der Waals surface area contributed by atoms with E-state index in [2.05, 4.69) is 20.8 Å². The van der Waals surface area contributed by atoms with Crippen LogP contribution in [0, 0.1) is 0 Å². The number of anilines is 1. The summed E-state index contributed by atoms with van der Waals surface area (Å²) in [6, 6.07) is 8.26. The fourth-order valence-corrected chi connectivity index (χ4v) is 2.13. The van der Waals surface area contributed by atoms with Gasteiger partial charge in [0.2, 0.25) is 0 Å². The van der Waals surface area contributed by atoms with Gasteiger partial charge in [-0.2, -0.15) is 0 Å². The minimum absolute atomic E-state index is 0.223. The Morgan fingerprint density at radius 1 is 1.25 bits per heavy atom. The fourth-order valence-electron chi connectivity index (χ4n) is 2.13. The quantitative estimate of drug-likeness (QED) is 0.754. The van der Waals surface area contributed by atoms with Gasteiger partial charge in [0.25, 0.3) is 11.5 Å². The summed E-state index contributed by atoms with van der Waals surface area (Å²) >= 11 is 0. The van der Waals surface area contributed by atoms with Crippen LogP contribution in [0.4, 0.5) is 5.69 Å². The van der Waals surface area contributed by atoms with E-state index in [0.717, 1.165) is 5.69 Å². The van der Waals surface area contributed by atoms with Crippen molar-refractivity contribution in [3.8, 4) is 11.4 Å². The van der Waals surface area contributed by atoms with Crippen LogP contribution in [-0.2, 0) is 7.05 Å². The van der Waals surface area contributed by atoms with Gasteiger partial charge in [-0.15, -0.1) is 5.10 Å². The lowest BCUT2D eigenvalue weighted by Gasteiger charge is -2.11. The molecule has 0 aliphatic rings. The number of methoxy groups -OCH3 is 1. The number of tetrazole rings is 1. The molecule has 0 aliphatic carbocycles. The number of ether oxygens (including phenoxy) is 1. The van der Waals surface area contributed by atoms with E-state index in [9.17, 15) is 9.59 Å². The van der Waals surface area contributed by atoms with Crippen molar-refractivity contribution in [2.24, 2.45) is 7.05 Å². The Kier molecular flexibility index (Phi) is 4.06. The van der Waals surface area contributed by atoms with E-state index < -0.39 is 0 Å². The van der Waals surface area contributed by atoms with E-state index in [1.54, 1.807) is 31.3 Å². The van der Waals surface area contributed by atoms with Crippen molar-refractivity contribution in [1.29, 1.82) is 0 Å². The number of hydrogen-bond donors (Lipinski definition) is 1. The Balaban J connectivity index is 1.82. The van der Waals surface area contributed by atoms with Gasteiger partial charge in [-0.25, -0.2) is 4.68 Å². The normalized spacial score (nSPS) is 10.4. The fraction of sp³-hybridized carbons (Fsp3) is 0.133. The first-order chi connectivity index (χ1) is 11.6. The van der Waals surface area contributed by atoms with Gasteiger partial charge >= 0.3 is 0 Å². The van der Waals surface area contributed by atoms with Crippen LogP contribution in [0.15, 0.2) is 47.7 Å². The van der Waals surface area contributed by atoms with Crippen LogP contribution in [-0.4, -0.2) is 37.8 Å². The predicted molar refractivity (Wildman–Crippen MR) is 85.3 cm³/mol. The maximum absolute atomic E-state index is 12.4. The molecule has 0 fully saturated rings. The Labute approximate surface area is 136 Å². The highest BCUT2D eigenvalue weighted by Crippen LogP contribution is 2.18. The summed E-state index contributed by atoms with van der Waals surface area (Å²) in [4.78, 5) is 24.0. The van der Waals surface area contributed by atoms with Gasteiger partial charge in [0.15, 0.2) is 0 Å². The van der Waals surface area contributed by atoms with Gasteiger partial charge in [0.05, 0.1) is 18.4 Å². The van der Waals surface area contributed by atoms with Gasteiger partial charge < -0.3 is 14.6 Å². The second-order valence-electron chi connectivity index (χ2n) is 4.96. The summed E-state index contributed by atoms with van der Waals surface area (Å²) in [5, 5.41) is 13.7. The molecule has 122 valence electrons. The summed E-state index contributed by atoms with van der Waals surface area (Å²) in [5.41, 5.74) is 1.36. The first-order valence-corrected chi connectivity index (χ1v) is 6.98. The second kappa shape index (κ2) is 6.32. The molecule has 0 radical (unpaired) electrons. The molecule has 1 aromatic carbocycles. The van der Waals surface area contributed by atoms with Gasteiger partial charge in [-0.05, 0) is 34.7 Å². The molecule has 2 heterocycles. The molecule has 0 saturated carbocycles. The molecule has 0 unspecified atom stereocenters. The first kappa shape index (κ1) is 15.4. The summed E-state index contributed by atoms with van der Waals surface area (Å²) in [6.07, 6.45) is 2.91. The molecule has 9 heteroatoms. The van der Waals surface area contributed by atoms with E-state index in [1.807, 2.05) is 0 Å². The average Bonchev–Trinajstić information content (AvgIpc) is 3.12. The van der Waals surface area contributed by atoms with Crippen LogP contribution < -0.4 is 15.6 Å². The van der Waals surface area contributed by atoms with Gasteiger partial charge in [0.1, 0.15) is 12.1 Å². The number of pyridine rings is 1. The van der Waals surface area contributed by atoms with Crippen molar-refractivity contribution >= 4 is 11.6 Å². The zero-order valence-corrected chi connectivity index (χ0v) is 13.0. The highest BCUT2D eigenvalue weighted by molar-refractivity contribution is 6.06. The molecule has 2 aromatic heterocycles. The Morgan fingerprint density at radius 2 is 2.00 bits per heavy atom. The topological polar surface area (TPSA) is 104 Å². The minimum Gasteiger partial charge on any atom is -0.496 e. The third-order valence-corrected chi connectivity index (χ3v) is 3.39. The summed E-state index contributed by atoms with van der Waals surface area (Å²) < 4.78 is 7.93. The van der Waals surface area contributed by atoms with E-state index in [4.69, 9.17) is 4.74 Å². The minimum atomic E-state index is -0.377. The molecule has 24 heavy (non-hydrogen) atoms. The predicted octanol–water partition coefficient (Wildman–Crippen LogP) is 0.622. The van der Waals surface area contributed by atoms with E-state index in [0.29, 0.717) is 5.69 Å².